The minimum atomic E-state index is -0.440. The first-order valence-corrected chi connectivity index (χ1v) is 10.1. The van der Waals surface area contributed by atoms with E-state index < -0.39 is 11.5 Å². The van der Waals surface area contributed by atoms with Crippen molar-refractivity contribution in [1.82, 2.24) is 10.6 Å². The van der Waals surface area contributed by atoms with E-state index in [2.05, 4.69) is 10.6 Å². The van der Waals surface area contributed by atoms with Crippen LogP contribution in [0.15, 0.2) is 83.1 Å². The summed E-state index contributed by atoms with van der Waals surface area (Å²) in [6.45, 7) is 3.97. The Balaban J connectivity index is 1.60. The Kier molecular flexibility index (Phi) is 5.62. The van der Waals surface area contributed by atoms with Crippen molar-refractivity contribution in [2.45, 2.75) is 31.9 Å². The zero-order valence-electron chi connectivity index (χ0n) is 17.4. The number of fused-ring (bicyclic) bond motifs is 1. The molecule has 2 heterocycles. The van der Waals surface area contributed by atoms with Gasteiger partial charge in [0.05, 0.1) is 12.3 Å². The molecule has 158 valence electrons. The number of carbonyl (C=O) groups excluding carboxylic acids is 2. The Morgan fingerprint density at radius 2 is 1.74 bits per heavy atom. The second kappa shape index (κ2) is 8.52. The third kappa shape index (κ3) is 4.86. The number of hydrogen-bond acceptors (Lipinski definition) is 4. The summed E-state index contributed by atoms with van der Waals surface area (Å²) in [7, 11) is 0. The first-order chi connectivity index (χ1) is 14.9. The highest BCUT2D eigenvalue weighted by atomic mass is 16.5. The molecule has 2 amide bonds. The molecule has 6 nitrogen and oxygen atoms in total. The fourth-order valence-electron chi connectivity index (χ4n) is 3.63. The number of amides is 2. The molecule has 0 spiro atoms. The van der Waals surface area contributed by atoms with E-state index in [9.17, 15) is 9.59 Å². The normalized spacial score (nSPS) is 17.2. The first-order valence-electron chi connectivity index (χ1n) is 10.1. The standard InChI is InChI=1S/C25H24N2O4/c1-25(2)16-21(19-12-6-7-13-22(19)31-25)27-24(29)20(15-18-11-8-14-30-18)26-23(28)17-9-4-3-5-10-17/h3-15,21H,16H2,1-2H3,(H,26,28)(H,27,29)/b20-15-/t21-/m0/s1. The Bertz CT molecular complexity index is 1100. The van der Waals surface area contributed by atoms with Gasteiger partial charge in [-0.1, -0.05) is 36.4 Å². The van der Waals surface area contributed by atoms with E-state index in [-0.39, 0.29) is 17.6 Å². The number of carbonyl (C=O) groups is 2. The van der Waals surface area contributed by atoms with Crippen LogP contribution in [0.25, 0.3) is 6.08 Å². The molecule has 1 aliphatic rings. The summed E-state index contributed by atoms with van der Waals surface area (Å²) in [4.78, 5) is 25.9. The Morgan fingerprint density at radius 3 is 2.48 bits per heavy atom. The monoisotopic (exact) mass is 416 g/mol. The first kappa shape index (κ1) is 20.5. The number of nitrogens with one attached hydrogen (secondary N) is 2. The second-order valence-electron chi connectivity index (χ2n) is 8.02. The van der Waals surface area contributed by atoms with Gasteiger partial charge >= 0.3 is 0 Å². The van der Waals surface area contributed by atoms with Gasteiger partial charge in [0.25, 0.3) is 11.8 Å². The summed E-state index contributed by atoms with van der Waals surface area (Å²) in [5.41, 5.74) is 1.02. The average molecular weight is 416 g/mol. The molecule has 0 saturated heterocycles. The molecule has 0 unspecified atom stereocenters. The van der Waals surface area contributed by atoms with Crippen molar-refractivity contribution in [2.75, 3.05) is 0 Å². The lowest BCUT2D eigenvalue weighted by Gasteiger charge is -2.38. The molecular weight excluding hydrogens is 392 g/mol. The summed E-state index contributed by atoms with van der Waals surface area (Å²) in [6, 6.07) is 19.6. The van der Waals surface area contributed by atoms with Gasteiger partial charge in [-0.05, 0) is 44.2 Å². The molecule has 2 aromatic carbocycles. The molecular formula is C25H24N2O4. The van der Waals surface area contributed by atoms with Crippen molar-refractivity contribution in [3.63, 3.8) is 0 Å². The van der Waals surface area contributed by atoms with Crippen LogP contribution in [0.5, 0.6) is 5.75 Å². The van der Waals surface area contributed by atoms with E-state index in [1.54, 1.807) is 36.4 Å². The smallest absolute Gasteiger partial charge is 0.268 e. The summed E-state index contributed by atoms with van der Waals surface area (Å²) in [5, 5.41) is 5.78. The third-order valence-corrected chi connectivity index (χ3v) is 5.04. The largest absolute Gasteiger partial charge is 0.487 e. The van der Waals surface area contributed by atoms with Gasteiger partial charge in [0.1, 0.15) is 22.8 Å². The minimum absolute atomic E-state index is 0.102. The van der Waals surface area contributed by atoms with E-state index in [1.165, 1.54) is 12.3 Å². The summed E-state index contributed by atoms with van der Waals surface area (Å²) in [6.07, 6.45) is 3.63. The molecule has 2 N–H and O–H groups in total. The van der Waals surface area contributed by atoms with Crippen LogP contribution in [-0.2, 0) is 4.79 Å². The predicted octanol–water partition coefficient (Wildman–Crippen LogP) is 4.47. The average Bonchev–Trinajstić information content (AvgIpc) is 3.26. The lowest BCUT2D eigenvalue weighted by molar-refractivity contribution is -0.119. The van der Waals surface area contributed by atoms with Crippen LogP contribution in [0.4, 0.5) is 0 Å². The highest BCUT2D eigenvalue weighted by Crippen LogP contribution is 2.39. The van der Waals surface area contributed by atoms with Crippen molar-refractivity contribution in [2.24, 2.45) is 0 Å². The topological polar surface area (TPSA) is 80.6 Å². The van der Waals surface area contributed by atoms with Gasteiger partial charge in [-0.25, -0.2) is 0 Å². The molecule has 0 radical (unpaired) electrons. The summed E-state index contributed by atoms with van der Waals surface area (Å²) in [5.74, 6) is 0.430. The molecule has 1 atom stereocenters. The van der Waals surface area contributed by atoms with E-state index in [0.717, 1.165) is 11.3 Å². The number of rotatable bonds is 5. The van der Waals surface area contributed by atoms with E-state index in [4.69, 9.17) is 9.15 Å². The highest BCUT2D eigenvalue weighted by molar-refractivity contribution is 6.05. The van der Waals surface area contributed by atoms with Crippen LogP contribution >= 0.6 is 0 Å². The van der Waals surface area contributed by atoms with Crippen LogP contribution < -0.4 is 15.4 Å². The number of benzene rings is 2. The van der Waals surface area contributed by atoms with Gasteiger partial charge in [0.15, 0.2) is 0 Å². The third-order valence-electron chi connectivity index (χ3n) is 5.04. The molecule has 0 aliphatic carbocycles. The van der Waals surface area contributed by atoms with E-state index >= 15 is 0 Å². The van der Waals surface area contributed by atoms with Gasteiger partial charge in [-0.2, -0.15) is 0 Å². The van der Waals surface area contributed by atoms with Gasteiger partial charge in [0.2, 0.25) is 0 Å². The maximum Gasteiger partial charge on any atom is 0.268 e. The Labute approximate surface area is 180 Å². The SMILES string of the molecule is CC1(C)C[C@H](NC(=O)/C(=C/c2ccco2)NC(=O)c2ccccc2)c2ccccc2O1. The van der Waals surface area contributed by atoms with E-state index in [0.29, 0.717) is 17.7 Å². The van der Waals surface area contributed by atoms with Crippen LogP contribution in [0.1, 0.15) is 48.0 Å². The predicted molar refractivity (Wildman–Crippen MR) is 117 cm³/mol. The van der Waals surface area contributed by atoms with Gasteiger partial charge < -0.3 is 19.8 Å². The number of furan rings is 1. The molecule has 0 fully saturated rings. The number of hydrogen-bond donors (Lipinski definition) is 2. The highest BCUT2D eigenvalue weighted by Gasteiger charge is 2.34. The molecule has 4 rings (SSSR count). The van der Waals surface area contributed by atoms with Gasteiger partial charge in [-0.15, -0.1) is 0 Å². The number of ether oxygens (including phenoxy) is 1. The molecule has 1 aliphatic heterocycles. The lowest BCUT2D eigenvalue weighted by atomic mass is 9.89. The number of para-hydroxylation sites is 1. The summed E-state index contributed by atoms with van der Waals surface area (Å²) < 4.78 is 11.4. The summed E-state index contributed by atoms with van der Waals surface area (Å²) >= 11 is 0. The minimum Gasteiger partial charge on any atom is -0.487 e. The molecule has 3 aromatic rings. The molecule has 0 saturated carbocycles. The van der Waals surface area contributed by atoms with Crippen molar-refractivity contribution in [3.8, 4) is 5.75 Å². The molecule has 0 bridgehead atoms. The van der Waals surface area contributed by atoms with Crippen molar-refractivity contribution in [3.05, 3.63) is 95.6 Å². The molecule has 1 aromatic heterocycles. The molecule has 31 heavy (non-hydrogen) atoms. The zero-order valence-corrected chi connectivity index (χ0v) is 17.4. The Hall–Kier alpha value is -3.80. The van der Waals surface area contributed by atoms with Gasteiger partial charge in [0, 0.05) is 23.6 Å². The van der Waals surface area contributed by atoms with Crippen molar-refractivity contribution in [1.29, 1.82) is 0 Å². The van der Waals surface area contributed by atoms with Crippen LogP contribution in [0, 0.1) is 0 Å². The Morgan fingerprint density at radius 1 is 1.00 bits per heavy atom. The van der Waals surface area contributed by atoms with E-state index in [1.807, 2.05) is 44.2 Å². The van der Waals surface area contributed by atoms with Crippen LogP contribution in [0.3, 0.4) is 0 Å². The van der Waals surface area contributed by atoms with Crippen LogP contribution in [0.2, 0.25) is 0 Å². The zero-order chi connectivity index (χ0) is 21.8. The maximum atomic E-state index is 13.2. The van der Waals surface area contributed by atoms with Gasteiger partial charge in [-0.3, -0.25) is 9.59 Å². The maximum absolute atomic E-state index is 13.2. The quantitative estimate of drug-likeness (QED) is 0.602. The fraction of sp³-hybridized carbons (Fsp3) is 0.200. The molecule has 6 heteroatoms. The van der Waals surface area contributed by atoms with Crippen molar-refractivity contribution < 1.29 is 18.7 Å². The van der Waals surface area contributed by atoms with Crippen molar-refractivity contribution >= 4 is 17.9 Å². The lowest BCUT2D eigenvalue weighted by Crippen LogP contribution is -2.43. The second-order valence-corrected chi connectivity index (χ2v) is 8.02. The fourth-order valence-corrected chi connectivity index (χ4v) is 3.63. The van der Waals surface area contributed by atoms with Crippen LogP contribution in [-0.4, -0.2) is 17.4 Å².